The van der Waals surface area contributed by atoms with Crippen LogP contribution in [0.25, 0.3) is 0 Å². The zero-order valence-electron chi connectivity index (χ0n) is 13.8. The van der Waals surface area contributed by atoms with Crippen molar-refractivity contribution in [3.63, 3.8) is 0 Å². The van der Waals surface area contributed by atoms with Crippen molar-refractivity contribution in [1.29, 1.82) is 0 Å². The van der Waals surface area contributed by atoms with E-state index in [0.717, 1.165) is 24.3 Å². The van der Waals surface area contributed by atoms with Crippen LogP contribution in [0.1, 0.15) is 42.6 Å². The van der Waals surface area contributed by atoms with Gasteiger partial charge in [-0.15, -0.1) is 0 Å². The quantitative estimate of drug-likeness (QED) is 0.882. The Morgan fingerprint density at radius 2 is 2.00 bits per heavy atom. The Labute approximate surface area is 141 Å². The normalized spacial score (nSPS) is 14.9. The molecule has 2 N–H and O–H groups in total. The van der Waals surface area contributed by atoms with Crippen molar-refractivity contribution in [1.82, 2.24) is 15.3 Å². The number of hydrogen-bond acceptors (Lipinski definition) is 5. The number of anilines is 2. The summed E-state index contributed by atoms with van der Waals surface area (Å²) in [6, 6.07) is 7.80. The lowest BCUT2D eigenvalue weighted by Gasteiger charge is -2.22. The van der Waals surface area contributed by atoms with Crippen molar-refractivity contribution < 1.29 is 9.53 Å². The summed E-state index contributed by atoms with van der Waals surface area (Å²) in [5.74, 6) is 1.19. The van der Waals surface area contributed by atoms with Crippen LogP contribution in [0.4, 0.5) is 11.5 Å². The summed E-state index contributed by atoms with van der Waals surface area (Å²) >= 11 is 0. The SMILES string of the molecule is COc1cccc(Nc2cnc(C(=O)NC3CCCCC3)cn2)c1. The Bertz CT molecular complexity index is 682. The molecule has 1 aliphatic carbocycles. The van der Waals surface area contributed by atoms with Crippen LogP contribution in [0.3, 0.4) is 0 Å². The molecule has 6 heteroatoms. The third kappa shape index (κ3) is 4.22. The Kier molecular flexibility index (Phi) is 5.25. The molecule has 3 rings (SSSR count). The standard InChI is InChI=1S/C18H22N4O2/c1-24-15-9-5-8-14(10-15)21-17-12-19-16(11-20-17)18(23)22-13-6-3-2-4-7-13/h5,8-13H,2-4,6-7H2,1H3,(H,20,21)(H,22,23). The summed E-state index contributed by atoms with van der Waals surface area (Å²) in [6.45, 7) is 0. The molecule has 1 amide bonds. The van der Waals surface area contributed by atoms with E-state index < -0.39 is 0 Å². The molecule has 1 heterocycles. The van der Waals surface area contributed by atoms with Gasteiger partial charge in [0.1, 0.15) is 17.3 Å². The predicted octanol–water partition coefficient (Wildman–Crippen LogP) is 3.29. The maximum Gasteiger partial charge on any atom is 0.271 e. The average Bonchev–Trinajstić information content (AvgIpc) is 2.63. The van der Waals surface area contributed by atoms with Gasteiger partial charge in [-0.25, -0.2) is 9.97 Å². The van der Waals surface area contributed by atoms with E-state index in [1.165, 1.54) is 25.5 Å². The van der Waals surface area contributed by atoms with Crippen molar-refractivity contribution in [2.75, 3.05) is 12.4 Å². The molecule has 1 aromatic heterocycles. The second-order valence-electron chi connectivity index (χ2n) is 5.95. The van der Waals surface area contributed by atoms with Crippen molar-refractivity contribution in [2.24, 2.45) is 0 Å². The second kappa shape index (κ2) is 7.77. The average molecular weight is 326 g/mol. The highest BCUT2D eigenvalue weighted by molar-refractivity contribution is 5.92. The van der Waals surface area contributed by atoms with E-state index in [4.69, 9.17) is 4.74 Å². The summed E-state index contributed by atoms with van der Waals surface area (Å²) in [5, 5.41) is 6.18. The molecule has 126 valence electrons. The second-order valence-corrected chi connectivity index (χ2v) is 5.95. The fourth-order valence-electron chi connectivity index (χ4n) is 2.86. The maximum absolute atomic E-state index is 12.2. The first-order chi connectivity index (χ1) is 11.7. The number of aromatic nitrogens is 2. The predicted molar refractivity (Wildman–Crippen MR) is 92.6 cm³/mol. The summed E-state index contributed by atoms with van der Waals surface area (Å²) in [5.41, 5.74) is 1.19. The molecule has 1 aliphatic rings. The van der Waals surface area contributed by atoms with E-state index in [-0.39, 0.29) is 11.9 Å². The first-order valence-electron chi connectivity index (χ1n) is 8.28. The summed E-state index contributed by atoms with van der Waals surface area (Å²) < 4.78 is 5.19. The third-order valence-electron chi connectivity index (χ3n) is 4.17. The molecular formula is C18H22N4O2. The molecule has 0 radical (unpaired) electrons. The van der Waals surface area contributed by atoms with E-state index in [9.17, 15) is 4.79 Å². The van der Waals surface area contributed by atoms with Gasteiger partial charge in [-0.05, 0) is 25.0 Å². The molecule has 1 saturated carbocycles. The van der Waals surface area contributed by atoms with E-state index in [0.29, 0.717) is 11.5 Å². The largest absolute Gasteiger partial charge is 0.497 e. The number of nitrogens with zero attached hydrogens (tertiary/aromatic N) is 2. The molecule has 24 heavy (non-hydrogen) atoms. The van der Waals surface area contributed by atoms with Crippen LogP contribution in [0, 0.1) is 0 Å². The summed E-state index contributed by atoms with van der Waals surface area (Å²) in [6.07, 6.45) is 8.79. The number of ether oxygens (including phenoxy) is 1. The lowest BCUT2D eigenvalue weighted by Crippen LogP contribution is -2.36. The summed E-state index contributed by atoms with van der Waals surface area (Å²) in [7, 11) is 1.62. The van der Waals surface area contributed by atoms with E-state index in [2.05, 4.69) is 20.6 Å². The molecule has 0 bridgehead atoms. The van der Waals surface area contributed by atoms with Crippen molar-refractivity contribution >= 4 is 17.4 Å². The number of rotatable bonds is 5. The highest BCUT2D eigenvalue weighted by Crippen LogP contribution is 2.20. The topological polar surface area (TPSA) is 76.1 Å². The fraction of sp³-hybridized carbons (Fsp3) is 0.389. The number of benzene rings is 1. The first-order valence-corrected chi connectivity index (χ1v) is 8.28. The van der Waals surface area contributed by atoms with Crippen LogP contribution in [-0.4, -0.2) is 29.0 Å². The molecule has 0 unspecified atom stereocenters. The van der Waals surface area contributed by atoms with Crippen LogP contribution < -0.4 is 15.4 Å². The van der Waals surface area contributed by atoms with Gasteiger partial charge in [-0.1, -0.05) is 25.3 Å². The molecule has 1 fully saturated rings. The van der Waals surface area contributed by atoms with Crippen LogP contribution in [0.15, 0.2) is 36.7 Å². The van der Waals surface area contributed by atoms with Gasteiger partial charge in [-0.3, -0.25) is 4.79 Å². The molecule has 6 nitrogen and oxygen atoms in total. The molecule has 2 aromatic rings. The smallest absolute Gasteiger partial charge is 0.271 e. The number of methoxy groups -OCH3 is 1. The molecule has 0 aliphatic heterocycles. The minimum absolute atomic E-state index is 0.151. The highest BCUT2D eigenvalue weighted by atomic mass is 16.5. The molecule has 0 spiro atoms. The van der Waals surface area contributed by atoms with E-state index in [1.807, 2.05) is 24.3 Å². The van der Waals surface area contributed by atoms with Crippen LogP contribution in [0.2, 0.25) is 0 Å². The van der Waals surface area contributed by atoms with E-state index >= 15 is 0 Å². The Balaban J connectivity index is 1.60. The fourth-order valence-corrected chi connectivity index (χ4v) is 2.86. The van der Waals surface area contributed by atoms with Gasteiger partial charge in [0, 0.05) is 17.8 Å². The highest BCUT2D eigenvalue weighted by Gasteiger charge is 2.17. The Morgan fingerprint density at radius 3 is 2.71 bits per heavy atom. The minimum Gasteiger partial charge on any atom is -0.497 e. The molecule has 0 saturated heterocycles. The van der Waals surface area contributed by atoms with Crippen molar-refractivity contribution in [2.45, 2.75) is 38.1 Å². The lowest BCUT2D eigenvalue weighted by atomic mass is 9.95. The molecule has 1 aromatic carbocycles. The maximum atomic E-state index is 12.2. The molecule has 0 atom stereocenters. The zero-order chi connectivity index (χ0) is 16.8. The monoisotopic (exact) mass is 326 g/mol. The Morgan fingerprint density at radius 1 is 1.17 bits per heavy atom. The molecular weight excluding hydrogens is 304 g/mol. The van der Waals surface area contributed by atoms with Gasteiger partial charge in [0.15, 0.2) is 0 Å². The third-order valence-corrected chi connectivity index (χ3v) is 4.17. The number of carbonyl (C=O) groups excluding carboxylic acids is 1. The van der Waals surface area contributed by atoms with Gasteiger partial charge in [0.25, 0.3) is 5.91 Å². The van der Waals surface area contributed by atoms with Crippen LogP contribution in [-0.2, 0) is 0 Å². The Hall–Kier alpha value is -2.63. The van der Waals surface area contributed by atoms with Crippen LogP contribution >= 0.6 is 0 Å². The first kappa shape index (κ1) is 16.2. The number of hydrogen-bond donors (Lipinski definition) is 2. The summed E-state index contributed by atoms with van der Waals surface area (Å²) in [4.78, 5) is 20.7. The van der Waals surface area contributed by atoms with Gasteiger partial charge in [-0.2, -0.15) is 0 Å². The van der Waals surface area contributed by atoms with Gasteiger partial charge in [0.05, 0.1) is 19.5 Å². The number of amides is 1. The van der Waals surface area contributed by atoms with Crippen molar-refractivity contribution in [3.8, 4) is 5.75 Å². The van der Waals surface area contributed by atoms with Gasteiger partial charge in [0.2, 0.25) is 0 Å². The minimum atomic E-state index is -0.151. The van der Waals surface area contributed by atoms with Gasteiger partial charge >= 0.3 is 0 Å². The zero-order valence-corrected chi connectivity index (χ0v) is 13.8. The van der Waals surface area contributed by atoms with Crippen molar-refractivity contribution in [3.05, 3.63) is 42.4 Å². The number of carbonyl (C=O) groups is 1. The lowest BCUT2D eigenvalue weighted by molar-refractivity contribution is 0.0922. The van der Waals surface area contributed by atoms with Crippen LogP contribution in [0.5, 0.6) is 5.75 Å². The number of nitrogens with one attached hydrogen (secondary N) is 2. The van der Waals surface area contributed by atoms with Gasteiger partial charge < -0.3 is 15.4 Å². The van der Waals surface area contributed by atoms with E-state index in [1.54, 1.807) is 13.3 Å².